The van der Waals surface area contributed by atoms with Crippen molar-refractivity contribution in [2.45, 2.75) is 30.9 Å². The number of halogens is 1. The van der Waals surface area contributed by atoms with E-state index in [1.165, 1.54) is 11.8 Å². The number of benzene rings is 4. The van der Waals surface area contributed by atoms with Crippen LogP contribution in [0.3, 0.4) is 0 Å². The van der Waals surface area contributed by atoms with Gasteiger partial charge in [0.1, 0.15) is 5.70 Å². The number of thioether (sulfide) groups is 1. The highest BCUT2D eigenvalue weighted by Gasteiger charge is 2.18. The fraction of sp³-hybridized carbons (Fsp3) is 0.121. The summed E-state index contributed by atoms with van der Waals surface area (Å²) in [4.78, 5) is 40.0. The van der Waals surface area contributed by atoms with E-state index in [0.717, 1.165) is 21.7 Å². The fourth-order valence-electron chi connectivity index (χ4n) is 4.01. The SMILES string of the molecule is Cc1cccc(C)c1NC(=O)C(C)Sc1cccc(NC(=O)/C(=C\c2ccc(Cl)cc2)NC(=O)c2ccccc2)c1. The highest BCUT2D eigenvalue weighted by Crippen LogP contribution is 2.28. The normalized spacial score (nSPS) is 11.9. The van der Waals surface area contributed by atoms with Crippen molar-refractivity contribution < 1.29 is 14.4 Å². The molecule has 0 saturated heterocycles. The summed E-state index contributed by atoms with van der Waals surface area (Å²) in [6, 6.07) is 28.7. The van der Waals surface area contributed by atoms with Gasteiger partial charge >= 0.3 is 0 Å². The number of carbonyl (C=O) groups excluding carboxylic acids is 3. The Morgan fingerprint density at radius 1 is 0.805 bits per heavy atom. The molecule has 4 aromatic carbocycles. The topological polar surface area (TPSA) is 87.3 Å². The molecule has 4 aromatic rings. The average Bonchev–Trinajstić information content (AvgIpc) is 2.96. The summed E-state index contributed by atoms with van der Waals surface area (Å²) < 4.78 is 0. The predicted octanol–water partition coefficient (Wildman–Crippen LogP) is 7.49. The van der Waals surface area contributed by atoms with Gasteiger partial charge in [-0.05, 0) is 86.0 Å². The summed E-state index contributed by atoms with van der Waals surface area (Å²) in [7, 11) is 0. The van der Waals surface area contributed by atoms with Gasteiger partial charge in [0.25, 0.3) is 11.8 Å². The number of amides is 3. The Morgan fingerprint density at radius 3 is 2.15 bits per heavy atom. The first-order chi connectivity index (χ1) is 19.7. The molecule has 3 amide bonds. The number of aryl methyl sites for hydroxylation is 2. The van der Waals surface area contributed by atoms with Crippen LogP contribution >= 0.6 is 23.4 Å². The molecule has 0 spiro atoms. The highest BCUT2D eigenvalue weighted by molar-refractivity contribution is 8.00. The van der Waals surface area contributed by atoms with Gasteiger partial charge in [0.2, 0.25) is 5.91 Å². The monoisotopic (exact) mass is 583 g/mol. The standard InChI is InChI=1S/C33H30ClN3O3S/c1-21-9-7-10-22(2)30(21)37-31(38)23(3)41-28-14-8-13-27(20-28)35-33(40)29(19-24-15-17-26(34)18-16-24)36-32(39)25-11-5-4-6-12-25/h4-20,23H,1-3H3,(H,35,40)(H,36,39)(H,37,38)/b29-19+. The Balaban J connectivity index is 1.48. The lowest BCUT2D eigenvalue weighted by Gasteiger charge is -2.16. The van der Waals surface area contributed by atoms with E-state index in [2.05, 4.69) is 16.0 Å². The summed E-state index contributed by atoms with van der Waals surface area (Å²) in [6.45, 7) is 5.76. The van der Waals surface area contributed by atoms with Gasteiger partial charge in [-0.2, -0.15) is 0 Å². The Kier molecular flexibility index (Phi) is 10.0. The van der Waals surface area contributed by atoms with Gasteiger partial charge < -0.3 is 16.0 Å². The van der Waals surface area contributed by atoms with Crippen molar-refractivity contribution in [1.29, 1.82) is 0 Å². The zero-order valence-corrected chi connectivity index (χ0v) is 24.5. The maximum absolute atomic E-state index is 13.4. The predicted molar refractivity (Wildman–Crippen MR) is 168 cm³/mol. The van der Waals surface area contributed by atoms with Gasteiger partial charge in [0.15, 0.2) is 0 Å². The van der Waals surface area contributed by atoms with Crippen LogP contribution in [0.1, 0.15) is 34.0 Å². The van der Waals surface area contributed by atoms with Crippen LogP contribution in [0.25, 0.3) is 6.08 Å². The molecule has 4 rings (SSSR count). The van der Waals surface area contributed by atoms with Crippen molar-refractivity contribution in [3.8, 4) is 0 Å². The van der Waals surface area contributed by atoms with Crippen LogP contribution in [0.15, 0.2) is 108 Å². The molecule has 0 heterocycles. The molecule has 3 N–H and O–H groups in total. The van der Waals surface area contributed by atoms with Gasteiger partial charge in [0, 0.05) is 26.9 Å². The number of hydrogen-bond acceptors (Lipinski definition) is 4. The van der Waals surface area contributed by atoms with E-state index in [1.807, 2.05) is 51.1 Å². The van der Waals surface area contributed by atoms with Crippen LogP contribution in [0, 0.1) is 13.8 Å². The summed E-state index contributed by atoms with van der Waals surface area (Å²) >= 11 is 7.39. The average molecular weight is 584 g/mol. The van der Waals surface area contributed by atoms with Crippen molar-refractivity contribution in [2.75, 3.05) is 10.6 Å². The first-order valence-corrected chi connectivity index (χ1v) is 14.2. The number of carbonyl (C=O) groups is 3. The molecule has 208 valence electrons. The minimum atomic E-state index is -0.493. The molecule has 0 radical (unpaired) electrons. The zero-order valence-electron chi connectivity index (χ0n) is 22.9. The maximum atomic E-state index is 13.4. The quantitative estimate of drug-likeness (QED) is 0.141. The molecule has 0 saturated carbocycles. The Bertz CT molecular complexity index is 1570. The second kappa shape index (κ2) is 13.8. The number of anilines is 2. The molecule has 0 aliphatic heterocycles. The lowest BCUT2D eigenvalue weighted by Crippen LogP contribution is -2.30. The highest BCUT2D eigenvalue weighted by atomic mass is 35.5. The number of hydrogen-bond donors (Lipinski definition) is 3. The largest absolute Gasteiger partial charge is 0.325 e. The molecule has 0 bridgehead atoms. The van der Waals surface area contributed by atoms with Gasteiger partial charge in [-0.25, -0.2) is 0 Å². The van der Waals surface area contributed by atoms with Crippen molar-refractivity contribution in [3.63, 3.8) is 0 Å². The molecule has 0 fully saturated rings. The fourth-order valence-corrected chi connectivity index (χ4v) is 5.06. The molecule has 41 heavy (non-hydrogen) atoms. The van der Waals surface area contributed by atoms with Gasteiger partial charge in [-0.3, -0.25) is 14.4 Å². The Hall–Kier alpha value is -4.33. The molecule has 0 aliphatic carbocycles. The summed E-state index contributed by atoms with van der Waals surface area (Å²) in [5.74, 6) is -1.01. The molecular formula is C33H30ClN3O3S. The number of para-hydroxylation sites is 1. The van der Waals surface area contributed by atoms with Crippen LogP contribution < -0.4 is 16.0 Å². The minimum absolute atomic E-state index is 0.0700. The summed E-state index contributed by atoms with van der Waals surface area (Å²) in [5, 5.41) is 8.81. The van der Waals surface area contributed by atoms with Crippen LogP contribution in [0.4, 0.5) is 11.4 Å². The molecular weight excluding hydrogens is 554 g/mol. The minimum Gasteiger partial charge on any atom is -0.325 e. The van der Waals surface area contributed by atoms with E-state index >= 15 is 0 Å². The molecule has 8 heteroatoms. The number of rotatable bonds is 9. The van der Waals surface area contributed by atoms with Crippen molar-refractivity contribution in [2.24, 2.45) is 0 Å². The second-order valence-corrected chi connectivity index (χ2v) is 11.3. The van der Waals surface area contributed by atoms with Gasteiger partial charge in [0.05, 0.1) is 5.25 Å². The molecule has 1 atom stereocenters. The smallest absolute Gasteiger partial charge is 0.272 e. The molecule has 6 nitrogen and oxygen atoms in total. The third-order valence-electron chi connectivity index (χ3n) is 6.21. The summed E-state index contributed by atoms with van der Waals surface area (Å²) in [5.41, 5.74) is 4.54. The van der Waals surface area contributed by atoms with Crippen LogP contribution in [0.5, 0.6) is 0 Å². The van der Waals surface area contributed by atoms with Crippen LogP contribution in [-0.2, 0) is 9.59 Å². The second-order valence-electron chi connectivity index (χ2n) is 9.43. The first-order valence-electron chi connectivity index (χ1n) is 13.0. The van der Waals surface area contributed by atoms with E-state index in [1.54, 1.807) is 72.8 Å². The zero-order chi connectivity index (χ0) is 29.4. The van der Waals surface area contributed by atoms with Crippen molar-refractivity contribution in [1.82, 2.24) is 5.32 Å². The van der Waals surface area contributed by atoms with Crippen molar-refractivity contribution in [3.05, 3.63) is 130 Å². The Labute approximate surface area is 249 Å². The van der Waals surface area contributed by atoms with Crippen LogP contribution in [-0.4, -0.2) is 23.0 Å². The molecule has 0 aliphatic rings. The van der Waals surface area contributed by atoms with Crippen LogP contribution in [0.2, 0.25) is 5.02 Å². The molecule has 1 unspecified atom stereocenters. The molecule has 0 aromatic heterocycles. The first kappa shape index (κ1) is 29.6. The number of nitrogens with one attached hydrogen (secondary N) is 3. The van der Waals surface area contributed by atoms with Gasteiger partial charge in [-0.1, -0.05) is 66.2 Å². The lowest BCUT2D eigenvalue weighted by molar-refractivity contribution is -0.115. The lowest BCUT2D eigenvalue weighted by atomic mass is 10.1. The van der Waals surface area contributed by atoms with E-state index in [4.69, 9.17) is 11.6 Å². The summed E-state index contributed by atoms with van der Waals surface area (Å²) in [6.07, 6.45) is 1.59. The van der Waals surface area contributed by atoms with E-state index in [9.17, 15) is 14.4 Å². The van der Waals surface area contributed by atoms with E-state index in [0.29, 0.717) is 21.8 Å². The van der Waals surface area contributed by atoms with E-state index < -0.39 is 11.8 Å². The maximum Gasteiger partial charge on any atom is 0.272 e. The third kappa shape index (κ3) is 8.33. The van der Waals surface area contributed by atoms with Gasteiger partial charge in [-0.15, -0.1) is 11.8 Å². The third-order valence-corrected chi connectivity index (χ3v) is 7.56. The van der Waals surface area contributed by atoms with E-state index in [-0.39, 0.29) is 16.9 Å². The Morgan fingerprint density at radius 2 is 1.46 bits per heavy atom. The van der Waals surface area contributed by atoms with Crippen molar-refractivity contribution >= 4 is 58.5 Å².